The van der Waals surface area contributed by atoms with Gasteiger partial charge in [0.25, 0.3) is 0 Å². The van der Waals surface area contributed by atoms with Crippen molar-refractivity contribution < 1.29 is 9.47 Å². The minimum Gasteiger partial charge on any atom is -0.497 e. The first-order valence-corrected chi connectivity index (χ1v) is 7.50. The van der Waals surface area contributed by atoms with E-state index in [4.69, 9.17) is 32.4 Å². The fourth-order valence-corrected chi connectivity index (χ4v) is 2.68. The second-order valence-electron chi connectivity index (χ2n) is 5.08. The Hall–Kier alpha value is -2.60. The van der Waals surface area contributed by atoms with Crippen LogP contribution in [0.2, 0.25) is 0 Å². The van der Waals surface area contributed by atoms with E-state index < -0.39 is 0 Å². The summed E-state index contributed by atoms with van der Waals surface area (Å²) in [6.45, 7) is 0.421. The normalized spacial score (nSPS) is 10.7. The lowest BCUT2D eigenvalue weighted by molar-refractivity contribution is 0.394. The second kappa shape index (κ2) is 6.26. The molecule has 5 nitrogen and oxygen atoms in total. The number of benzene rings is 2. The summed E-state index contributed by atoms with van der Waals surface area (Å²) in [4.78, 5) is 5.13. The Morgan fingerprint density at radius 3 is 2.39 bits per heavy atom. The van der Waals surface area contributed by atoms with E-state index in [1.807, 2.05) is 47.0 Å². The van der Waals surface area contributed by atoms with Gasteiger partial charge in [0.05, 0.1) is 36.8 Å². The number of nitrogens with zero attached hydrogens (tertiary/aromatic N) is 2. The van der Waals surface area contributed by atoms with E-state index in [0.29, 0.717) is 23.0 Å². The number of hydrogen-bond donors (Lipinski definition) is 1. The van der Waals surface area contributed by atoms with Crippen molar-refractivity contribution in [2.24, 2.45) is 5.73 Å². The number of methoxy groups -OCH3 is 2. The minimum absolute atomic E-state index is 0.407. The summed E-state index contributed by atoms with van der Waals surface area (Å²) >= 11 is 5.09. The van der Waals surface area contributed by atoms with Crippen molar-refractivity contribution in [2.45, 2.75) is 6.54 Å². The molecule has 1 heterocycles. The molecule has 0 spiro atoms. The minimum atomic E-state index is 0.407. The van der Waals surface area contributed by atoms with Crippen LogP contribution in [0.1, 0.15) is 0 Å². The number of hydrogen-bond acceptors (Lipinski definition) is 4. The van der Waals surface area contributed by atoms with E-state index in [1.165, 1.54) is 0 Å². The molecule has 0 aliphatic heterocycles. The van der Waals surface area contributed by atoms with Crippen LogP contribution < -0.4 is 15.2 Å². The Morgan fingerprint density at radius 1 is 1.13 bits per heavy atom. The molecule has 1 aromatic heterocycles. The molecule has 0 amide bonds. The lowest BCUT2D eigenvalue weighted by atomic mass is 10.2. The Kier molecular flexibility index (Phi) is 4.16. The molecule has 0 aliphatic carbocycles. The molecule has 2 aromatic carbocycles. The highest BCUT2D eigenvalue weighted by Gasteiger charge is 2.15. The third kappa shape index (κ3) is 2.98. The van der Waals surface area contributed by atoms with Crippen molar-refractivity contribution >= 4 is 28.2 Å². The molecule has 0 bridgehead atoms. The molecule has 2 N–H and O–H groups in total. The summed E-state index contributed by atoms with van der Waals surface area (Å²) in [5.41, 5.74) is 8.52. The molecule has 0 saturated carbocycles. The van der Waals surface area contributed by atoms with E-state index in [0.717, 1.165) is 22.4 Å². The van der Waals surface area contributed by atoms with Crippen LogP contribution in [0.3, 0.4) is 0 Å². The van der Waals surface area contributed by atoms with Gasteiger partial charge in [-0.15, -0.1) is 0 Å². The summed E-state index contributed by atoms with van der Waals surface area (Å²) < 4.78 is 12.7. The standard InChI is InChI=1S/C17H17N3O2S/c1-21-12-7-11(8-13(9-12)22-2)17-19-14-5-3-4-6-15(14)20(17)10-16(18)23/h3-9H,10H2,1-2H3,(H2,18,23). The van der Waals surface area contributed by atoms with Crippen LogP contribution in [-0.4, -0.2) is 28.8 Å². The van der Waals surface area contributed by atoms with Crippen molar-refractivity contribution in [2.75, 3.05) is 14.2 Å². The molecule has 6 heteroatoms. The molecule has 3 rings (SSSR count). The van der Waals surface area contributed by atoms with Crippen molar-refractivity contribution in [1.29, 1.82) is 0 Å². The Bertz CT molecular complexity index is 851. The van der Waals surface area contributed by atoms with Crippen LogP contribution in [0.5, 0.6) is 11.5 Å². The molecular weight excluding hydrogens is 310 g/mol. The van der Waals surface area contributed by atoms with Gasteiger partial charge in [0.2, 0.25) is 0 Å². The molecule has 23 heavy (non-hydrogen) atoms. The van der Waals surface area contributed by atoms with E-state index >= 15 is 0 Å². The first-order chi connectivity index (χ1) is 11.1. The summed E-state index contributed by atoms with van der Waals surface area (Å²) in [7, 11) is 3.24. The number of rotatable bonds is 5. The average Bonchev–Trinajstić information content (AvgIpc) is 2.92. The first kappa shape index (κ1) is 15.3. The van der Waals surface area contributed by atoms with Crippen LogP contribution in [0.4, 0.5) is 0 Å². The lowest BCUT2D eigenvalue weighted by Crippen LogP contribution is -2.17. The van der Waals surface area contributed by atoms with Crippen molar-refractivity contribution in [3.8, 4) is 22.9 Å². The topological polar surface area (TPSA) is 62.3 Å². The maximum atomic E-state index is 5.77. The van der Waals surface area contributed by atoms with Crippen LogP contribution in [0.25, 0.3) is 22.4 Å². The molecule has 0 fully saturated rings. The number of nitrogens with two attached hydrogens (primary N) is 1. The zero-order chi connectivity index (χ0) is 16.4. The SMILES string of the molecule is COc1cc(OC)cc(-c2nc3ccccc3n2CC(N)=S)c1. The van der Waals surface area contributed by atoms with Gasteiger partial charge in [0.1, 0.15) is 17.3 Å². The third-order valence-electron chi connectivity index (χ3n) is 3.58. The number of aromatic nitrogens is 2. The zero-order valence-electron chi connectivity index (χ0n) is 12.9. The molecular formula is C17H17N3O2S. The van der Waals surface area contributed by atoms with Gasteiger partial charge in [0, 0.05) is 11.6 Å². The van der Waals surface area contributed by atoms with E-state index in [9.17, 15) is 0 Å². The summed E-state index contributed by atoms with van der Waals surface area (Å²) in [6.07, 6.45) is 0. The molecule has 0 saturated heterocycles. The molecule has 0 atom stereocenters. The average molecular weight is 327 g/mol. The predicted octanol–water partition coefficient (Wildman–Crippen LogP) is 3.01. The molecule has 0 radical (unpaired) electrons. The molecule has 0 unspecified atom stereocenters. The fourth-order valence-electron chi connectivity index (χ4n) is 2.55. The largest absolute Gasteiger partial charge is 0.497 e. The smallest absolute Gasteiger partial charge is 0.141 e. The first-order valence-electron chi connectivity index (χ1n) is 7.09. The molecule has 3 aromatic rings. The van der Waals surface area contributed by atoms with E-state index in [2.05, 4.69) is 0 Å². The Labute approximate surface area is 139 Å². The highest BCUT2D eigenvalue weighted by Crippen LogP contribution is 2.31. The van der Waals surface area contributed by atoms with Gasteiger partial charge in [-0.2, -0.15) is 0 Å². The summed E-state index contributed by atoms with van der Waals surface area (Å²) in [6, 6.07) is 13.5. The van der Waals surface area contributed by atoms with Crippen LogP contribution in [-0.2, 0) is 6.54 Å². The summed E-state index contributed by atoms with van der Waals surface area (Å²) in [5.74, 6) is 2.18. The van der Waals surface area contributed by atoms with Gasteiger partial charge < -0.3 is 19.8 Å². The number of imidazole rings is 1. The molecule has 0 aliphatic rings. The predicted molar refractivity (Wildman–Crippen MR) is 95.1 cm³/mol. The molecule has 118 valence electrons. The van der Waals surface area contributed by atoms with E-state index in [-0.39, 0.29) is 0 Å². The zero-order valence-corrected chi connectivity index (χ0v) is 13.8. The van der Waals surface area contributed by atoms with Gasteiger partial charge in [-0.3, -0.25) is 0 Å². The number of para-hydroxylation sites is 2. The third-order valence-corrected chi connectivity index (χ3v) is 3.71. The van der Waals surface area contributed by atoms with Gasteiger partial charge in [-0.05, 0) is 24.3 Å². The highest BCUT2D eigenvalue weighted by atomic mass is 32.1. The van der Waals surface area contributed by atoms with Crippen LogP contribution >= 0.6 is 12.2 Å². The van der Waals surface area contributed by atoms with Crippen LogP contribution in [0.15, 0.2) is 42.5 Å². The van der Waals surface area contributed by atoms with Crippen molar-refractivity contribution in [1.82, 2.24) is 9.55 Å². The number of ether oxygens (including phenoxy) is 2. The monoisotopic (exact) mass is 327 g/mol. The van der Waals surface area contributed by atoms with E-state index in [1.54, 1.807) is 14.2 Å². The van der Waals surface area contributed by atoms with Gasteiger partial charge >= 0.3 is 0 Å². The second-order valence-corrected chi connectivity index (χ2v) is 5.60. The Balaban J connectivity index is 2.24. The maximum absolute atomic E-state index is 5.77. The van der Waals surface area contributed by atoms with Crippen molar-refractivity contribution in [3.63, 3.8) is 0 Å². The quantitative estimate of drug-likeness (QED) is 0.730. The Morgan fingerprint density at radius 2 is 1.78 bits per heavy atom. The summed E-state index contributed by atoms with van der Waals surface area (Å²) in [5, 5.41) is 0. The van der Waals surface area contributed by atoms with Gasteiger partial charge in [-0.25, -0.2) is 4.98 Å². The highest BCUT2D eigenvalue weighted by molar-refractivity contribution is 7.80. The lowest BCUT2D eigenvalue weighted by Gasteiger charge is -2.11. The fraction of sp³-hybridized carbons (Fsp3) is 0.176. The number of thiocarbonyl (C=S) groups is 1. The maximum Gasteiger partial charge on any atom is 0.141 e. The van der Waals surface area contributed by atoms with Gasteiger partial charge in [0.15, 0.2) is 0 Å². The van der Waals surface area contributed by atoms with Crippen LogP contribution in [0, 0.1) is 0 Å². The van der Waals surface area contributed by atoms with Gasteiger partial charge in [-0.1, -0.05) is 24.4 Å². The number of fused-ring (bicyclic) bond motifs is 1. The van der Waals surface area contributed by atoms with Crippen molar-refractivity contribution in [3.05, 3.63) is 42.5 Å².